The van der Waals surface area contributed by atoms with Crippen LogP contribution in [0.4, 0.5) is 5.69 Å². The molecule has 1 rings (SSSR count). The van der Waals surface area contributed by atoms with Gasteiger partial charge in [-0.25, -0.2) is 0 Å². The highest BCUT2D eigenvalue weighted by atomic mass is 127. The van der Waals surface area contributed by atoms with E-state index in [2.05, 4.69) is 27.9 Å². The van der Waals surface area contributed by atoms with Gasteiger partial charge in [-0.3, -0.25) is 4.79 Å². The van der Waals surface area contributed by atoms with Gasteiger partial charge in [-0.1, -0.05) is 0 Å². The standard InChI is InChI=1S/C10H12INO2/c1-6-9(11)4-8(12-7(2)13)5-10(6)14-3/h4-5H,1-3H3,(H,12,13). The third-order valence-electron chi connectivity index (χ3n) is 1.84. The van der Waals surface area contributed by atoms with E-state index in [0.717, 1.165) is 20.6 Å². The monoisotopic (exact) mass is 305 g/mol. The first-order valence-electron chi connectivity index (χ1n) is 4.16. The Morgan fingerprint density at radius 3 is 2.64 bits per heavy atom. The van der Waals surface area contributed by atoms with Crippen molar-refractivity contribution in [2.45, 2.75) is 13.8 Å². The van der Waals surface area contributed by atoms with E-state index in [-0.39, 0.29) is 5.91 Å². The van der Waals surface area contributed by atoms with E-state index >= 15 is 0 Å². The fourth-order valence-corrected chi connectivity index (χ4v) is 1.74. The Hall–Kier alpha value is -0.780. The largest absolute Gasteiger partial charge is 0.496 e. The maximum absolute atomic E-state index is 10.9. The topological polar surface area (TPSA) is 38.3 Å². The van der Waals surface area contributed by atoms with Crippen LogP contribution < -0.4 is 10.1 Å². The second kappa shape index (κ2) is 4.63. The van der Waals surface area contributed by atoms with Crippen molar-refractivity contribution in [3.8, 4) is 5.75 Å². The fraction of sp³-hybridized carbons (Fsp3) is 0.300. The number of hydrogen-bond donors (Lipinski definition) is 1. The molecule has 0 aliphatic carbocycles. The van der Waals surface area contributed by atoms with Crippen LogP contribution in [0, 0.1) is 10.5 Å². The molecule has 1 aromatic carbocycles. The Balaban J connectivity index is 3.09. The molecule has 0 fully saturated rings. The predicted octanol–water partition coefficient (Wildman–Crippen LogP) is 2.57. The highest BCUT2D eigenvalue weighted by molar-refractivity contribution is 14.1. The van der Waals surface area contributed by atoms with E-state index < -0.39 is 0 Å². The number of amides is 1. The number of halogens is 1. The molecule has 0 atom stereocenters. The van der Waals surface area contributed by atoms with Crippen molar-refractivity contribution >= 4 is 34.2 Å². The zero-order valence-electron chi connectivity index (χ0n) is 8.35. The van der Waals surface area contributed by atoms with Crippen LogP contribution in [0.15, 0.2) is 12.1 Å². The van der Waals surface area contributed by atoms with Crippen LogP contribution >= 0.6 is 22.6 Å². The smallest absolute Gasteiger partial charge is 0.221 e. The number of nitrogens with one attached hydrogen (secondary N) is 1. The third kappa shape index (κ3) is 2.60. The maximum atomic E-state index is 10.9. The zero-order valence-corrected chi connectivity index (χ0v) is 10.5. The highest BCUT2D eigenvalue weighted by Gasteiger charge is 2.06. The maximum Gasteiger partial charge on any atom is 0.221 e. The van der Waals surface area contributed by atoms with Gasteiger partial charge >= 0.3 is 0 Å². The summed E-state index contributed by atoms with van der Waals surface area (Å²) in [5, 5.41) is 2.72. The molecule has 0 aliphatic rings. The molecule has 0 radical (unpaired) electrons. The molecule has 0 aliphatic heterocycles. The van der Waals surface area contributed by atoms with Crippen molar-refractivity contribution in [3.05, 3.63) is 21.3 Å². The molecular formula is C10H12INO2. The van der Waals surface area contributed by atoms with Crippen molar-refractivity contribution < 1.29 is 9.53 Å². The number of benzene rings is 1. The van der Waals surface area contributed by atoms with Crippen LogP contribution in [0.1, 0.15) is 12.5 Å². The van der Waals surface area contributed by atoms with Crippen molar-refractivity contribution in [1.29, 1.82) is 0 Å². The summed E-state index contributed by atoms with van der Waals surface area (Å²) in [5.74, 6) is 0.715. The summed E-state index contributed by atoms with van der Waals surface area (Å²) in [6, 6.07) is 3.73. The van der Waals surface area contributed by atoms with E-state index in [0.29, 0.717) is 0 Å². The van der Waals surface area contributed by atoms with E-state index in [1.165, 1.54) is 6.92 Å². The van der Waals surface area contributed by atoms with Gasteiger partial charge in [0.25, 0.3) is 0 Å². The molecule has 4 heteroatoms. The van der Waals surface area contributed by atoms with Crippen molar-refractivity contribution in [2.24, 2.45) is 0 Å². The predicted molar refractivity (Wildman–Crippen MR) is 64.8 cm³/mol. The lowest BCUT2D eigenvalue weighted by molar-refractivity contribution is -0.114. The number of anilines is 1. The molecule has 0 saturated heterocycles. The summed E-state index contributed by atoms with van der Waals surface area (Å²) in [4.78, 5) is 10.9. The van der Waals surface area contributed by atoms with Crippen LogP contribution in [-0.2, 0) is 4.79 Å². The lowest BCUT2D eigenvalue weighted by Crippen LogP contribution is -2.06. The highest BCUT2D eigenvalue weighted by Crippen LogP contribution is 2.27. The molecule has 1 amide bonds. The minimum atomic E-state index is -0.0771. The lowest BCUT2D eigenvalue weighted by Gasteiger charge is -2.10. The van der Waals surface area contributed by atoms with Crippen LogP contribution in [0.25, 0.3) is 0 Å². The Bertz CT molecular complexity index is 363. The van der Waals surface area contributed by atoms with Crippen LogP contribution in [0.3, 0.4) is 0 Å². The number of methoxy groups -OCH3 is 1. The molecule has 0 aromatic heterocycles. The summed E-state index contributed by atoms with van der Waals surface area (Å²) in [6.45, 7) is 3.47. The average molecular weight is 305 g/mol. The fourth-order valence-electron chi connectivity index (χ4n) is 1.14. The number of ether oxygens (including phenoxy) is 1. The van der Waals surface area contributed by atoms with Gasteiger partial charge in [0.15, 0.2) is 0 Å². The molecule has 0 spiro atoms. The van der Waals surface area contributed by atoms with Crippen molar-refractivity contribution in [1.82, 2.24) is 0 Å². The normalized spacial score (nSPS) is 9.71. The molecule has 0 saturated carbocycles. The van der Waals surface area contributed by atoms with Gasteiger partial charge in [-0.2, -0.15) is 0 Å². The molecular weight excluding hydrogens is 293 g/mol. The van der Waals surface area contributed by atoms with Gasteiger partial charge in [0.2, 0.25) is 5.91 Å². The van der Waals surface area contributed by atoms with E-state index in [4.69, 9.17) is 4.74 Å². The number of carbonyl (C=O) groups excluding carboxylic acids is 1. The Morgan fingerprint density at radius 2 is 2.14 bits per heavy atom. The Labute approximate surface area is 97.0 Å². The molecule has 1 N–H and O–H groups in total. The third-order valence-corrected chi connectivity index (χ3v) is 2.96. The number of hydrogen-bond acceptors (Lipinski definition) is 2. The van der Waals surface area contributed by atoms with Gasteiger partial charge in [0.05, 0.1) is 7.11 Å². The lowest BCUT2D eigenvalue weighted by atomic mass is 10.2. The summed E-state index contributed by atoms with van der Waals surface area (Å²) in [5.41, 5.74) is 1.85. The van der Waals surface area contributed by atoms with Crippen LogP contribution in [-0.4, -0.2) is 13.0 Å². The molecule has 14 heavy (non-hydrogen) atoms. The molecule has 1 aromatic rings. The molecule has 0 heterocycles. The summed E-state index contributed by atoms with van der Waals surface area (Å²) >= 11 is 2.21. The Morgan fingerprint density at radius 1 is 1.50 bits per heavy atom. The second-order valence-corrected chi connectivity index (χ2v) is 4.13. The minimum Gasteiger partial charge on any atom is -0.496 e. The summed E-state index contributed by atoms with van der Waals surface area (Å²) < 4.78 is 6.27. The average Bonchev–Trinajstić information content (AvgIpc) is 2.10. The van der Waals surface area contributed by atoms with E-state index in [9.17, 15) is 4.79 Å². The van der Waals surface area contributed by atoms with Crippen LogP contribution in [0.5, 0.6) is 5.75 Å². The molecule has 76 valence electrons. The summed E-state index contributed by atoms with van der Waals surface area (Å²) in [6.07, 6.45) is 0. The molecule has 3 nitrogen and oxygen atoms in total. The summed E-state index contributed by atoms with van der Waals surface area (Å²) in [7, 11) is 1.62. The first kappa shape index (κ1) is 11.3. The van der Waals surface area contributed by atoms with Crippen LogP contribution in [0.2, 0.25) is 0 Å². The zero-order chi connectivity index (χ0) is 10.7. The molecule has 0 unspecified atom stereocenters. The second-order valence-electron chi connectivity index (χ2n) is 2.97. The van der Waals surface area contributed by atoms with Gasteiger partial charge in [-0.05, 0) is 35.6 Å². The molecule has 0 bridgehead atoms. The first-order valence-corrected chi connectivity index (χ1v) is 5.24. The first-order chi connectivity index (χ1) is 6.54. The Kier molecular flexibility index (Phi) is 3.74. The van der Waals surface area contributed by atoms with Gasteiger partial charge in [-0.15, -0.1) is 0 Å². The van der Waals surface area contributed by atoms with Gasteiger partial charge in [0.1, 0.15) is 5.75 Å². The van der Waals surface area contributed by atoms with Crippen molar-refractivity contribution in [3.63, 3.8) is 0 Å². The van der Waals surface area contributed by atoms with E-state index in [1.54, 1.807) is 7.11 Å². The SMILES string of the molecule is COc1cc(NC(C)=O)cc(I)c1C. The quantitative estimate of drug-likeness (QED) is 0.853. The number of carbonyl (C=O) groups is 1. The van der Waals surface area contributed by atoms with Gasteiger partial charge < -0.3 is 10.1 Å². The number of rotatable bonds is 2. The van der Waals surface area contributed by atoms with Gasteiger partial charge in [0, 0.05) is 27.8 Å². The van der Waals surface area contributed by atoms with E-state index in [1.807, 2.05) is 19.1 Å². The minimum absolute atomic E-state index is 0.0771. The van der Waals surface area contributed by atoms with Crippen molar-refractivity contribution in [2.75, 3.05) is 12.4 Å².